The van der Waals surface area contributed by atoms with Crippen molar-refractivity contribution < 1.29 is 24.2 Å². The Morgan fingerprint density at radius 3 is 2.03 bits per heavy atom. The number of fused-ring (bicyclic) bond motifs is 1. The van der Waals surface area contributed by atoms with Crippen molar-refractivity contribution in [3.8, 4) is 0 Å². The summed E-state index contributed by atoms with van der Waals surface area (Å²) in [6.45, 7) is 0.194. The molecule has 2 aromatic heterocycles. The average molecular weight is 502 g/mol. The van der Waals surface area contributed by atoms with E-state index < -0.39 is 18.0 Å². The second-order valence-corrected chi connectivity index (χ2v) is 9.14. The number of esters is 2. The first kappa shape index (κ1) is 24.4. The Balaban J connectivity index is 1.35. The number of aliphatic hydroxyl groups excluding tert-OH is 1. The van der Waals surface area contributed by atoms with Crippen LogP contribution >= 0.6 is 0 Å². The number of carbonyl (C=O) groups is 2. The Labute approximate surface area is 213 Å². The number of hydrogen-bond acceptors (Lipinski definition) is 9. The van der Waals surface area contributed by atoms with Gasteiger partial charge in [-0.3, -0.25) is 0 Å². The van der Waals surface area contributed by atoms with Crippen molar-refractivity contribution >= 4 is 28.9 Å². The van der Waals surface area contributed by atoms with E-state index in [4.69, 9.17) is 15.2 Å². The molecule has 4 aromatic rings. The Kier molecular flexibility index (Phi) is 7.09. The van der Waals surface area contributed by atoms with Crippen LogP contribution in [0, 0.1) is 11.8 Å². The summed E-state index contributed by atoms with van der Waals surface area (Å²) >= 11 is 0. The minimum atomic E-state index is -0.768. The van der Waals surface area contributed by atoms with E-state index in [2.05, 4.69) is 15.0 Å². The molecule has 37 heavy (non-hydrogen) atoms. The predicted molar refractivity (Wildman–Crippen MR) is 134 cm³/mol. The van der Waals surface area contributed by atoms with Gasteiger partial charge in [0.25, 0.3) is 0 Å². The van der Waals surface area contributed by atoms with Crippen molar-refractivity contribution in [1.29, 1.82) is 0 Å². The number of carbonyl (C=O) groups excluding carboxylic acids is 2. The van der Waals surface area contributed by atoms with Gasteiger partial charge in [-0.25, -0.2) is 24.5 Å². The van der Waals surface area contributed by atoms with Crippen LogP contribution in [0.5, 0.6) is 0 Å². The molecule has 0 amide bonds. The van der Waals surface area contributed by atoms with Crippen LogP contribution in [-0.4, -0.2) is 55.9 Å². The molecule has 1 saturated carbocycles. The molecule has 2 aromatic carbocycles. The van der Waals surface area contributed by atoms with Gasteiger partial charge in [-0.15, -0.1) is 0 Å². The molecule has 1 aliphatic carbocycles. The first-order valence-electron chi connectivity index (χ1n) is 12.1. The van der Waals surface area contributed by atoms with Gasteiger partial charge in [0.1, 0.15) is 11.8 Å². The molecule has 1 aliphatic rings. The number of nitrogens with zero attached hydrogens (tertiary/aromatic N) is 4. The minimum Gasteiger partial charge on any atom is -0.462 e. The molecule has 0 aliphatic heterocycles. The summed E-state index contributed by atoms with van der Waals surface area (Å²) in [5.74, 6) is -1.03. The predicted octanol–water partition coefficient (Wildman–Crippen LogP) is 3.05. The number of ether oxygens (including phenoxy) is 2. The van der Waals surface area contributed by atoms with Crippen molar-refractivity contribution in [3.05, 3.63) is 84.4 Å². The van der Waals surface area contributed by atoms with Gasteiger partial charge in [-0.05, 0) is 37.1 Å². The van der Waals surface area contributed by atoms with Gasteiger partial charge in [0.15, 0.2) is 11.5 Å². The van der Waals surface area contributed by atoms with Crippen molar-refractivity contribution in [2.45, 2.75) is 25.0 Å². The molecule has 4 atom stereocenters. The maximum absolute atomic E-state index is 12.6. The molecule has 5 rings (SSSR count). The largest absolute Gasteiger partial charge is 0.462 e. The van der Waals surface area contributed by atoms with Crippen molar-refractivity contribution in [2.75, 3.05) is 18.9 Å². The summed E-state index contributed by atoms with van der Waals surface area (Å²) in [5.41, 5.74) is 7.82. The van der Waals surface area contributed by atoms with Gasteiger partial charge in [0.05, 0.1) is 42.8 Å². The van der Waals surface area contributed by atoms with Gasteiger partial charge in [0, 0.05) is 11.8 Å². The van der Waals surface area contributed by atoms with Crippen LogP contribution < -0.4 is 5.73 Å². The normalized spacial score (nSPS) is 21.4. The third-order valence-corrected chi connectivity index (χ3v) is 6.82. The van der Waals surface area contributed by atoms with E-state index in [1.165, 1.54) is 6.33 Å². The zero-order valence-corrected chi connectivity index (χ0v) is 20.0. The number of benzene rings is 2. The molecular formula is C27H27N5O5. The lowest BCUT2D eigenvalue weighted by molar-refractivity contribution is -0.0294. The molecule has 10 nitrogen and oxygen atoms in total. The van der Waals surface area contributed by atoms with Gasteiger partial charge in [0.2, 0.25) is 0 Å². The molecule has 10 heteroatoms. The van der Waals surface area contributed by atoms with E-state index in [1.807, 2.05) is 12.1 Å². The first-order valence-corrected chi connectivity index (χ1v) is 12.1. The summed E-state index contributed by atoms with van der Waals surface area (Å²) in [5, 5.41) is 11.1. The van der Waals surface area contributed by atoms with Crippen molar-refractivity contribution in [3.63, 3.8) is 0 Å². The van der Waals surface area contributed by atoms with Crippen molar-refractivity contribution in [1.82, 2.24) is 19.5 Å². The number of anilines is 1. The van der Waals surface area contributed by atoms with Crippen molar-refractivity contribution in [2.24, 2.45) is 11.8 Å². The molecule has 1 fully saturated rings. The van der Waals surface area contributed by atoms with E-state index in [0.29, 0.717) is 35.1 Å². The van der Waals surface area contributed by atoms with E-state index in [1.54, 1.807) is 59.4 Å². The summed E-state index contributed by atoms with van der Waals surface area (Å²) < 4.78 is 13.1. The molecule has 0 bridgehead atoms. The third-order valence-electron chi connectivity index (χ3n) is 6.82. The lowest BCUT2D eigenvalue weighted by atomic mass is 9.76. The molecule has 3 N–H and O–H groups in total. The van der Waals surface area contributed by atoms with Crippen LogP contribution in [0.3, 0.4) is 0 Å². The number of hydrogen-bond donors (Lipinski definition) is 2. The molecule has 190 valence electrons. The molecule has 0 saturated heterocycles. The number of aromatic nitrogens is 4. The fraction of sp³-hybridized carbons (Fsp3) is 0.296. The van der Waals surface area contributed by atoms with Gasteiger partial charge in [-0.1, -0.05) is 36.4 Å². The number of imidazole rings is 1. The number of nitrogens with two attached hydrogens (primary N) is 1. The monoisotopic (exact) mass is 501 g/mol. The van der Waals surface area contributed by atoms with E-state index in [0.717, 1.165) is 0 Å². The third kappa shape index (κ3) is 5.29. The molecule has 0 spiro atoms. The lowest BCUT2D eigenvalue weighted by Gasteiger charge is -2.39. The topological polar surface area (TPSA) is 142 Å². The fourth-order valence-electron chi connectivity index (χ4n) is 4.82. The zero-order valence-electron chi connectivity index (χ0n) is 20.0. The Hall–Kier alpha value is -4.31. The highest BCUT2D eigenvalue weighted by atomic mass is 16.5. The van der Waals surface area contributed by atoms with Crippen LogP contribution in [-0.2, 0) is 9.47 Å². The maximum atomic E-state index is 12.6. The summed E-state index contributed by atoms with van der Waals surface area (Å²) in [7, 11) is 0. The van der Waals surface area contributed by atoms with Crippen LogP contribution in [0.2, 0.25) is 0 Å². The highest BCUT2D eigenvalue weighted by Gasteiger charge is 2.39. The highest BCUT2D eigenvalue weighted by molar-refractivity contribution is 5.89. The van der Waals surface area contributed by atoms with Gasteiger partial charge >= 0.3 is 11.9 Å². The van der Waals surface area contributed by atoms with E-state index in [9.17, 15) is 14.7 Å². The fourth-order valence-corrected chi connectivity index (χ4v) is 4.82. The second-order valence-electron chi connectivity index (χ2n) is 9.14. The van der Waals surface area contributed by atoms with E-state index >= 15 is 0 Å². The highest BCUT2D eigenvalue weighted by Crippen LogP contribution is 2.39. The quantitative estimate of drug-likeness (QED) is 0.365. The standard InChI is InChI=1S/C27H27N5O5/c28-24-23-25(30-15-29-24)32(16-31-23)21-11-19(13-36-26(34)17-7-3-1-4-8-17)20(12-22(21)33)14-37-27(35)18-9-5-2-6-10-18/h1-10,15-16,19-22,33H,11-14H2,(H2,28,29,30)/t19-,20-,21-,22+/m1/s1. The minimum absolute atomic E-state index is 0.0882. The van der Waals surface area contributed by atoms with Crippen LogP contribution in [0.1, 0.15) is 39.6 Å². The van der Waals surface area contributed by atoms with E-state index in [-0.39, 0.29) is 36.9 Å². The maximum Gasteiger partial charge on any atom is 0.338 e. The summed E-state index contributed by atoms with van der Waals surface area (Å²) in [6.07, 6.45) is 2.96. The van der Waals surface area contributed by atoms with Gasteiger partial charge in [-0.2, -0.15) is 0 Å². The van der Waals surface area contributed by atoms with Crippen LogP contribution in [0.15, 0.2) is 73.3 Å². The Bertz CT molecular complexity index is 1380. The molecule has 2 heterocycles. The van der Waals surface area contributed by atoms with Crippen LogP contribution in [0.4, 0.5) is 5.82 Å². The Morgan fingerprint density at radius 2 is 1.43 bits per heavy atom. The molecular weight excluding hydrogens is 474 g/mol. The smallest absolute Gasteiger partial charge is 0.338 e. The molecule has 0 radical (unpaired) electrons. The summed E-state index contributed by atoms with van der Waals surface area (Å²) in [6, 6.07) is 17.1. The number of rotatable bonds is 7. The SMILES string of the molecule is Nc1ncnc2c1ncn2[C@@H]1C[C@H](COC(=O)c2ccccc2)[C@@H](COC(=O)c2ccccc2)C[C@@H]1O. The van der Waals surface area contributed by atoms with Gasteiger partial charge < -0.3 is 24.9 Å². The lowest BCUT2D eigenvalue weighted by Crippen LogP contribution is -2.41. The second kappa shape index (κ2) is 10.8. The van der Waals surface area contributed by atoms with Crippen LogP contribution in [0.25, 0.3) is 11.2 Å². The summed E-state index contributed by atoms with van der Waals surface area (Å²) in [4.78, 5) is 37.8. The number of nitrogen functional groups attached to an aromatic ring is 1. The zero-order chi connectivity index (χ0) is 25.8. The first-order chi connectivity index (χ1) is 18.0. The number of aliphatic hydroxyl groups is 1. The Morgan fingerprint density at radius 1 is 0.865 bits per heavy atom. The molecule has 0 unspecified atom stereocenters. The average Bonchev–Trinajstić information content (AvgIpc) is 3.37.